The fourth-order valence-electron chi connectivity index (χ4n) is 2.97. The average Bonchev–Trinajstić information content (AvgIpc) is 3.31. The van der Waals surface area contributed by atoms with Crippen molar-refractivity contribution < 1.29 is 9.32 Å². The van der Waals surface area contributed by atoms with Gasteiger partial charge in [0.2, 0.25) is 11.7 Å². The molecule has 0 fully saturated rings. The van der Waals surface area contributed by atoms with Crippen LogP contribution in [-0.4, -0.2) is 20.6 Å². The molecule has 1 N–H and O–H groups in total. The molecule has 0 unspecified atom stereocenters. The molecule has 140 valence electrons. The van der Waals surface area contributed by atoms with E-state index < -0.39 is 0 Å². The van der Waals surface area contributed by atoms with Gasteiger partial charge in [-0.05, 0) is 43.7 Å². The third kappa shape index (κ3) is 3.86. The SMILES string of the molecule is Cc1ccc(-c2noc(-c3cccn3CC(=O)Nc3cccc(C)c3)n2)cc1. The summed E-state index contributed by atoms with van der Waals surface area (Å²) in [7, 11) is 0. The molecule has 0 saturated carbocycles. The van der Waals surface area contributed by atoms with E-state index in [0.717, 1.165) is 16.8 Å². The molecule has 0 aliphatic heterocycles. The summed E-state index contributed by atoms with van der Waals surface area (Å²) in [6.45, 7) is 4.17. The number of carbonyl (C=O) groups is 1. The molecule has 2 aromatic carbocycles. The number of amides is 1. The maximum Gasteiger partial charge on any atom is 0.274 e. The van der Waals surface area contributed by atoms with Gasteiger partial charge in [-0.1, -0.05) is 47.1 Å². The summed E-state index contributed by atoms with van der Waals surface area (Å²) < 4.78 is 7.23. The van der Waals surface area contributed by atoms with Crippen molar-refractivity contribution in [1.29, 1.82) is 0 Å². The Hall–Kier alpha value is -3.67. The normalized spacial score (nSPS) is 10.8. The molecule has 4 rings (SSSR count). The Labute approximate surface area is 162 Å². The first-order valence-electron chi connectivity index (χ1n) is 9.01. The quantitative estimate of drug-likeness (QED) is 0.561. The minimum atomic E-state index is -0.124. The third-order valence-corrected chi connectivity index (χ3v) is 4.40. The van der Waals surface area contributed by atoms with Crippen molar-refractivity contribution in [3.63, 3.8) is 0 Å². The van der Waals surface area contributed by atoms with Crippen molar-refractivity contribution in [3.05, 3.63) is 78.0 Å². The highest BCUT2D eigenvalue weighted by molar-refractivity contribution is 5.90. The summed E-state index contributed by atoms with van der Waals surface area (Å²) in [6, 6.07) is 19.3. The molecule has 2 aromatic heterocycles. The Bertz CT molecular complexity index is 1110. The van der Waals surface area contributed by atoms with Gasteiger partial charge in [-0.15, -0.1) is 0 Å². The van der Waals surface area contributed by atoms with E-state index in [2.05, 4.69) is 15.5 Å². The first-order chi connectivity index (χ1) is 13.6. The van der Waals surface area contributed by atoms with Crippen molar-refractivity contribution in [2.75, 3.05) is 5.32 Å². The zero-order valence-corrected chi connectivity index (χ0v) is 15.7. The maximum atomic E-state index is 12.4. The van der Waals surface area contributed by atoms with E-state index in [1.165, 1.54) is 5.56 Å². The number of carbonyl (C=O) groups excluding carboxylic acids is 1. The van der Waals surface area contributed by atoms with Gasteiger partial charge < -0.3 is 14.4 Å². The summed E-state index contributed by atoms with van der Waals surface area (Å²) in [5.74, 6) is 0.775. The van der Waals surface area contributed by atoms with Crippen LogP contribution in [0.5, 0.6) is 0 Å². The minimum Gasteiger partial charge on any atom is -0.334 e. The van der Waals surface area contributed by atoms with E-state index in [4.69, 9.17) is 4.52 Å². The zero-order chi connectivity index (χ0) is 19.5. The Morgan fingerprint density at radius 1 is 1.04 bits per heavy atom. The maximum absolute atomic E-state index is 12.4. The van der Waals surface area contributed by atoms with Crippen LogP contribution >= 0.6 is 0 Å². The summed E-state index contributed by atoms with van der Waals surface area (Å²) in [5.41, 5.74) is 4.62. The Morgan fingerprint density at radius 3 is 2.64 bits per heavy atom. The van der Waals surface area contributed by atoms with Crippen molar-refractivity contribution in [2.45, 2.75) is 20.4 Å². The molecule has 0 saturated heterocycles. The highest BCUT2D eigenvalue weighted by Gasteiger charge is 2.15. The van der Waals surface area contributed by atoms with E-state index in [-0.39, 0.29) is 12.5 Å². The minimum absolute atomic E-state index is 0.124. The molecule has 0 bridgehead atoms. The molecule has 0 aliphatic carbocycles. The van der Waals surface area contributed by atoms with Crippen LogP contribution in [0.3, 0.4) is 0 Å². The van der Waals surface area contributed by atoms with Gasteiger partial charge >= 0.3 is 0 Å². The van der Waals surface area contributed by atoms with E-state index >= 15 is 0 Å². The number of nitrogens with zero attached hydrogens (tertiary/aromatic N) is 3. The van der Waals surface area contributed by atoms with Crippen LogP contribution in [0.2, 0.25) is 0 Å². The van der Waals surface area contributed by atoms with Crippen molar-refractivity contribution >= 4 is 11.6 Å². The standard InChI is InChI=1S/C22H20N4O2/c1-15-8-10-17(11-9-15)21-24-22(28-25-21)19-7-4-12-26(19)14-20(27)23-18-6-3-5-16(2)13-18/h3-13H,14H2,1-2H3,(H,23,27). The van der Waals surface area contributed by atoms with E-state index in [1.807, 2.05) is 80.7 Å². The fourth-order valence-corrected chi connectivity index (χ4v) is 2.97. The largest absolute Gasteiger partial charge is 0.334 e. The summed E-state index contributed by atoms with van der Waals surface area (Å²) in [6.07, 6.45) is 1.82. The van der Waals surface area contributed by atoms with Crippen LogP contribution in [0.1, 0.15) is 11.1 Å². The van der Waals surface area contributed by atoms with Gasteiger partial charge in [0.15, 0.2) is 0 Å². The first kappa shape index (κ1) is 17.7. The Balaban J connectivity index is 1.51. The smallest absolute Gasteiger partial charge is 0.274 e. The highest BCUT2D eigenvalue weighted by atomic mass is 16.5. The van der Waals surface area contributed by atoms with E-state index in [1.54, 1.807) is 4.57 Å². The number of aryl methyl sites for hydroxylation is 2. The number of anilines is 1. The molecule has 6 nitrogen and oxygen atoms in total. The highest BCUT2D eigenvalue weighted by Crippen LogP contribution is 2.23. The van der Waals surface area contributed by atoms with Crippen LogP contribution in [0, 0.1) is 13.8 Å². The molecule has 28 heavy (non-hydrogen) atoms. The number of hydrogen-bond acceptors (Lipinski definition) is 4. The second-order valence-electron chi connectivity index (χ2n) is 6.73. The molecule has 1 amide bonds. The summed E-state index contributed by atoms with van der Waals surface area (Å²) in [4.78, 5) is 16.9. The van der Waals surface area contributed by atoms with Gasteiger partial charge in [-0.3, -0.25) is 4.79 Å². The summed E-state index contributed by atoms with van der Waals surface area (Å²) >= 11 is 0. The van der Waals surface area contributed by atoms with Crippen LogP contribution < -0.4 is 5.32 Å². The lowest BCUT2D eigenvalue weighted by atomic mass is 10.1. The topological polar surface area (TPSA) is 73.0 Å². The molecule has 0 radical (unpaired) electrons. The number of aromatic nitrogens is 3. The number of benzene rings is 2. The van der Waals surface area contributed by atoms with Crippen molar-refractivity contribution in [2.24, 2.45) is 0 Å². The second-order valence-corrected chi connectivity index (χ2v) is 6.73. The molecule has 0 spiro atoms. The van der Waals surface area contributed by atoms with E-state index in [0.29, 0.717) is 17.4 Å². The van der Waals surface area contributed by atoms with Gasteiger partial charge in [0.25, 0.3) is 5.89 Å². The predicted octanol–water partition coefficient (Wildman–Crippen LogP) is 4.46. The van der Waals surface area contributed by atoms with Gasteiger partial charge in [-0.2, -0.15) is 4.98 Å². The lowest BCUT2D eigenvalue weighted by Crippen LogP contribution is -2.18. The number of nitrogens with one attached hydrogen (secondary N) is 1. The third-order valence-electron chi connectivity index (χ3n) is 4.40. The fraction of sp³-hybridized carbons (Fsp3) is 0.136. The lowest BCUT2D eigenvalue weighted by molar-refractivity contribution is -0.116. The lowest BCUT2D eigenvalue weighted by Gasteiger charge is -2.08. The summed E-state index contributed by atoms with van der Waals surface area (Å²) in [5, 5.41) is 6.98. The van der Waals surface area contributed by atoms with Crippen LogP contribution in [-0.2, 0) is 11.3 Å². The number of rotatable bonds is 5. The van der Waals surface area contributed by atoms with Crippen molar-refractivity contribution in [1.82, 2.24) is 14.7 Å². The Morgan fingerprint density at radius 2 is 1.86 bits per heavy atom. The predicted molar refractivity (Wildman–Crippen MR) is 108 cm³/mol. The van der Waals surface area contributed by atoms with Gasteiger partial charge in [0.1, 0.15) is 12.2 Å². The molecular weight excluding hydrogens is 352 g/mol. The van der Waals surface area contributed by atoms with Crippen LogP contribution in [0.4, 0.5) is 5.69 Å². The van der Waals surface area contributed by atoms with Crippen molar-refractivity contribution in [3.8, 4) is 23.0 Å². The van der Waals surface area contributed by atoms with Gasteiger partial charge in [0, 0.05) is 17.4 Å². The first-order valence-corrected chi connectivity index (χ1v) is 9.01. The van der Waals surface area contributed by atoms with Gasteiger partial charge in [0.05, 0.1) is 0 Å². The molecule has 6 heteroatoms. The molecule has 4 aromatic rings. The number of hydrogen-bond donors (Lipinski definition) is 1. The van der Waals surface area contributed by atoms with Gasteiger partial charge in [-0.25, -0.2) is 0 Å². The average molecular weight is 372 g/mol. The second kappa shape index (κ2) is 7.52. The Kier molecular flexibility index (Phi) is 4.76. The molecular formula is C22H20N4O2. The molecule has 2 heterocycles. The monoisotopic (exact) mass is 372 g/mol. The van der Waals surface area contributed by atoms with Crippen LogP contribution in [0.15, 0.2) is 71.4 Å². The van der Waals surface area contributed by atoms with E-state index in [9.17, 15) is 4.79 Å². The van der Waals surface area contributed by atoms with Crippen LogP contribution in [0.25, 0.3) is 23.0 Å². The molecule has 0 atom stereocenters. The molecule has 0 aliphatic rings. The zero-order valence-electron chi connectivity index (χ0n) is 15.7.